The molecule has 1 unspecified atom stereocenters. The fraction of sp³-hybridized carbons (Fsp3) is 0.550. The number of carbonyl (C=O) groups excluding carboxylic acids is 1. The molecule has 0 bridgehead atoms. The predicted molar refractivity (Wildman–Crippen MR) is 97.5 cm³/mol. The molecule has 1 aromatic rings. The predicted octanol–water partition coefficient (Wildman–Crippen LogP) is 5.33. The number of rotatable bonds is 3. The van der Waals surface area contributed by atoms with Crippen LogP contribution in [0.5, 0.6) is 0 Å². The number of carbonyl (C=O) groups is 1. The Morgan fingerprint density at radius 3 is 2.58 bits per heavy atom. The molecule has 130 valence electrons. The molecule has 0 aromatic heterocycles. The van der Waals surface area contributed by atoms with E-state index in [0.29, 0.717) is 13.2 Å². The van der Waals surface area contributed by atoms with Gasteiger partial charge < -0.3 is 9.64 Å². The van der Waals surface area contributed by atoms with E-state index >= 15 is 0 Å². The van der Waals surface area contributed by atoms with Crippen molar-refractivity contribution < 1.29 is 9.53 Å². The lowest BCUT2D eigenvalue weighted by atomic mass is 9.69. The third-order valence-electron chi connectivity index (χ3n) is 5.58. The van der Waals surface area contributed by atoms with Crippen LogP contribution in [0.2, 0.25) is 5.02 Å². The molecule has 1 aliphatic heterocycles. The highest BCUT2D eigenvalue weighted by atomic mass is 35.5. The zero-order valence-electron chi connectivity index (χ0n) is 14.6. The Hall–Kier alpha value is -1.48. The van der Waals surface area contributed by atoms with Crippen molar-refractivity contribution in [3.05, 3.63) is 46.5 Å². The van der Waals surface area contributed by atoms with Gasteiger partial charge in [0.1, 0.15) is 0 Å². The van der Waals surface area contributed by atoms with E-state index in [2.05, 4.69) is 25.1 Å². The Bertz CT molecular complexity index is 617. The van der Waals surface area contributed by atoms with Crippen molar-refractivity contribution in [1.82, 2.24) is 4.90 Å². The van der Waals surface area contributed by atoms with Gasteiger partial charge in [0.05, 0.1) is 6.61 Å². The van der Waals surface area contributed by atoms with Crippen LogP contribution in [0.15, 0.2) is 35.9 Å². The van der Waals surface area contributed by atoms with E-state index in [1.54, 1.807) is 0 Å². The summed E-state index contributed by atoms with van der Waals surface area (Å²) >= 11 is 6.10. The molecule has 1 fully saturated rings. The van der Waals surface area contributed by atoms with E-state index in [1.165, 1.54) is 24.0 Å². The topological polar surface area (TPSA) is 29.5 Å². The number of ether oxygens (including phenoxy) is 1. The Kier molecular flexibility index (Phi) is 5.19. The van der Waals surface area contributed by atoms with Gasteiger partial charge >= 0.3 is 6.09 Å². The summed E-state index contributed by atoms with van der Waals surface area (Å²) in [5.74, 6) is 0. The fourth-order valence-corrected chi connectivity index (χ4v) is 4.51. The van der Waals surface area contributed by atoms with E-state index in [9.17, 15) is 4.79 Å². The summed E-state index contributed by atoms with van der Waals surface area (Å²) in [6.45, 7) is 5.09. The number of hydrogen-bond donors (Lipinski definition) is 0. The monoisotopic (exact) mass is 347 g/mol. The average molecular weight is 348 g/mol. The van der Waals surface area contributed by atoms with Crippen LogP contribution < -0.4 is 0 Å². The van der Waals surface area contributed by atoms with Crippen LogP contribution in [0, 0.1) is 0 Å². The second-order valence-corrected chi connectivity index (χ2v) is 7.43. The zero-order valence-corrected chi connectivity index (χ0v) is 15.3. The van der Waals surface area contributed by atoms with Crippen LogP contribution in [0.3, 0.4) is 0 Å². The molecular formula is C20H26ClNO2. The third-order valence-corrected chi connectivity index (χ3v) is 5.84. The van der Waals surface area contributed by atoms with Crippen LogP contribution in [0.1, 0.15) is 51.5 Å². The molecule has 1 atom stereocenters. The molecule has 1 aromatic carbocycles. The van der Waals surface area contributed by atoms with Gasteiger partial charge in [-0.1, -0.05) is 48.2 Å². The maximum absolute atomic E-state index is 12.6. The molecule has 3 nitrogen and oxygen atoms in total. The van der Waals surface area contributed by atoms with Crippen molar-refractivity contribution in [3.8, 4) is 0 Å². The lowest BCUT2D eigenvalue weighted by Crippen LogP contribution is -2.53. The molecule has 3 rings (SSSR count). The molecule has 0 spiro atoms. The smallest absolute Gasteiger partial charge is 0.410 e. The van der Waals surface area contributed by atoms with Crippen molar-refractivity contribution >= 4 is 17.7 Å². The standard InChI is InChI=1S/C20H26ClNO2/c1-3-24-19(23)22-13-10-15(2)14-18(22)20(11-4-5-12-20)16-6-8-17(21)9-7-16/h6-10,18H,3-5,11-14H2,1-2H3. The largest absolute Gasteiger partial charge is 0.450 e. The first-order chi connectivity index (χ1) is 11.6. The minimum atomic E-state index is -0.188. The summed E-state index contributed by atoms with van der Waals surface area (Å²) in [6.07, 6.45) is 7.52. The Balaban J connectivity index is 2.00. The summed E-state index contributed by atoms with van der Waals surface area (Å²) in [5, 5.41) is 0.758. The number of benzene rings is 1. The Morgan fingerprint density at radius 1 is 1.29 bits per heavy atom. The first-order valence-electron chi connectivity index (χ1n) is 8.92. The molecule has 4 heteroatoms. The van der Waals surface area contributed by atoms with Gasteiger partial charge in [-0.15, -0.1) is 0 Å². The Labute approximate surface area is 149 Å². The van der Waals surface area contributed by atoms with Crippen molar-refractivity contribution in [2.24, 2.45) is 0 Å². The molecule has 0 saturated heterocycles. The van der Waals surface area contributed by atoms with Gasteiger partial charge in [0.25, 0.3) is 0 Å². The van der Waals surface area contributed by atoms with E-state index in [-0.39, 0.29) is 17.6 Å². The van der Waals surface area contributed by atoms with Gasteiger partial charge in [-0.25, -0.2) is 4.79 Å². The molecule has 2 aliphatic rings. The SMILES string of the molecule is CCOC(=O)N1CC=C(C)CC1C1(c2ccc(Cl)cc2)CCCC1. The van der Waals surface area contributed by atoms with Crippen molar-refractivity contribution in [2.75, 3.05) is 13.2 Å². The lowest BCUT2D eigenvalue weighted by molar-refractivity contribution is 0.0689. The van der Waals surface area contributed by atoms with Crippen LogP contribution in [-0.4, -0.2) is 30.2 Å². The first kappa shape index (κ1) is 17.3. The summed E-state index contributed by atoms with van der Waals surface area (Å²) in [6, 6.07) is 8.38. The van der Waals surface area contributed by atoms with Gasteiger partial charge in [0.15, 0.2) is 0 Å². The highest BCUT2D eigenvalue weighted by Gasteiger charge is 2.47. The lowest BCUT2D eigenvalue weighted by Gasteiger charge is -2.46. The minimum absolute atomic E-state index is 0.00682. The van der Waals surface area contributed by atoms with Gasteiger partial charge in [-0.05, 0) is 50.8 Å². The third kappa shape index (κ3) is 3.19. The molecular weight excluding hydrogens is 322 g/mol. The van der Waals surface area contributed by atoms with Crippen molar-refractivity contribution in [2.45, 2.75) is 57.4 Å². The molecule has 0 radical (unpaired) electrons. The van der Waals surface area contributed by atoms with E-state index < -0.39 is 0 Å². The molecule has 1 saturated carbocycles. The summed E-state index contributed by atoms with van der Waals surface area (Å²) < 4.78 is 5.34. The molecule has 1 heterocycles. The highest BCUT2D eigenvalue weighted by Crippen LogP contribution is 2.48. The number of nitrogens with zero attached hydrogens (tertiary/aromatic N) is 1. The van der Waals surface area contributed by atoms with Crippen molar-refractivity contribution in [1.29, 1.82) is 0 Å². The minimum Gasteiger partial charge on any atom is -0.450 e. The number of hydrogen-bond acceptors (Lipinski definition) is 2. The molecule has 24 heavy (non-hydrogen) atoms. The van der Waals surface area contributed by atoms with Gasteiger partial charge in [-0.2, -0.15) is 0 Å². The normalized spacial score (nSPS) is 23.0. The first-order valence-corrected chi connectivity index (χ1v) is 9.29. The van der Waals surface area contributed by atoms with E-state index in [1.807, 2.05) is 24.0 Å². The second-order valence-electron chi connectivity index (χ2n) is 6.99. The van der Waals surface area contributed by atoms with Crippen LogP contribution in [0.4, 0.5) is 4.79 Å². The average Bonchev–Trinajstić information content (AvgIpc) is 3.06. The molecule has 1 amide bonds. The van der Waals surface area contributed by atoms with Crippen LogP contribution in [0.25, 0.3) is 0 Å². The number of halogens is 1. The second kappa shape index (κ2) is 7.18. The number of amides is 1. The quantitative estimate of drug-likeness (QED) is 0.692. The molecule has 1 aliphatic carbocycles. The van der Waals surface area contributed by atoms with Gasteiger partial charge in [0, 0.05) is 23.0 Å². The van der Waals surface area contributed by atoms with Gasteiger partial charge in [-0.3, -0.25) is 0 Å². The zero-order chi connectivity index (χ0) is 17.2. The van der Waals surface area contributed by atoms with Crippen LogP contribution >= 0.6 is 11.6 Å². The fourth-order valence-electron chi connectivity index (χ4n) is 4.38. The molecule has 0 N–H and O–H groups in total. The summed E-state index contributed by atoms with van der Waals surface area (Å²) in [5.41, 5.74) is 2.67. The Morgan fingerprint density at radius 2 is 1.96 bits per heavy atom. The van der Waals surface area contributed by atoms with Crippen molar-refractivity contribution in [3.63, 3.8) is 0 Å². The summed E-state index contributed by atoms with van der Waals surface area (Å²) in [7, 11) is 0. The van der Waals surface area contributed by atoms with E-state index in [0.717, 1.165) is 24.3 Å². The highest BCUT2D eigenvalue weighted by molar-refractivity contribution is 6.30. The summed E-state index contributed by atoms with van der Waals surface area (Å²) in [4.78, 5) is 14.5. The van der Waals surface area contributed by atoms with Crippen LogP contribution in [-0.2, 0) is 10.2 Å². The van der Waals surface area contributed by atoms with E-state index in [4.69, 9.17) is 16.3 Å². The maximum Gasteiger partial charge on any atom is 0.410 e. The maximum atomic E-state index is 12.6. The van der Waals surface area contributed by atoms with Gasteiger partial charge in [0.2, 0.25) is 0 Å².